The molecule has 7 heteroatoms. The van der Waals surface area contributed by atoms with E-state index in [1.807, 2.05) is 22.9 Å². The monoisotopic (exact) mass is 389 g/mol. The molecule has 0 aliphatic carbocycles. The molecule has 0 atom stereocenters. The molecule has 1 aromatic carbocycles. The van der Waals surface area contributed by atoms with Gasteiger partial charge in [0.05, 0.1) is 30.8 Å². The molecule has 4 aromatic rings. The first-order chi connectivity index (χ1) is 14.2. The van der Waals surface area contributed by atoms with Gasteiger partial charge in [-0.3, -0.25) is 4.79 Å². The fourth-order valence-corrected chi connectivity index (χ4v) is 3.16. The van der Waals surface area contributed by atoms with Crippen molar-refractivity contribution in [3.8, 4) is 0 Å². The molecule has 0 aliphatic rings. The molecule has 0 saturated carbocycles. The summed E-state index contributed by atoms with van der Waals surface area (Å²) >= 11 is 0. The Morgan fingerprint density at radius 2 is 2.00 bits per heavy atom. The minimum Gasteiger partial charge on any atom is -0.469 e. The highest BCUT2D eigenvalue weighted by atomic mass is 16.3. The molecule has 0 saturated heterocycles. The number of fused-ring (bicyclic) bond motifs is 1. The maximum atomic E-state index is 12.5. The van der Waals surface area contributed by atoms with E-state index in [2.05, 4.69) is 34.5 Å². The Hall–Kier alpha value is -3.48. The summed E-state index contributed by atoms with van der Waals surface area (Å²) < 4.78 is 7.12. The molecule has 3 aromatic heterocycles. The van der Waals surface area contributed by atoms with Crippen molar-refractivity contribution < 1.29 is 9.21 Å². The molecule has 7 nitrogen and oxygen atoms in total. The van der Waals surface area contributed by atoms with Gasteiger partial charge in [0.1, 0.15) is 17.4 Å². The number of carbonyl (C=O) groups is 1. The maximum absolute atomic E-state index is 12.5. The highest BCUT2D eigenvalue weighted by molar-refractivity contribution is 5.98. The van der Waals surface area contributed by atoms with Gasteiger partial charge in [-0.1, -0.05) is 43.7 Å². The molecule has 1 amide bonds. The number of unbranched alkanes of at least 4 members (excludes halogenated alkanes) is 1. The molecule has 29 heavy (non-hydrogen) atoms. The Morgan fingerprint density at radius 1 is 1.14 bits per heavy atom. The van der Waals surface area contributed by atoms with E-state index in [0.717, 1.165) is 35.9 Å². The van der Waals surface area contributed by atoms with Crippen LogP contribution in [0.25, 0.3) is 11.0 Å². The number of hydrogen-bond donors (Lipinski definition) is 1. The highest BCUT2D eigenvalue weighted by Crippen LogP contribution is 2.22. The van der Waals surface area contributed by atoms with E-state index in [1.54, 1.807) is 24.6 Å². The summed E-state index contributed by atoms with van der Waals surface area (Å²) in [6, 6.07) is 13.6. The van der Waals surface area contributed by atoms with Crippen molar-refractivity contribution in [2.45, 2.75) is 39.2 Å². The first kappa shape index (κ1) is 18.9. The number of carbonyl (C=O) groups excluding carboxylic acids is 1. The summed E-state index contributed by atoms with van der Waals surface area (Å²) in [4.78, 5) is 21.8. The Kier molecular flexibility index (Phi) is 5.65. The van der Waals surface area contributed by atoms with E-state index < -0.39 is 0 Å². The van der Waals surface area contributed by atoms with Crippen molar-refractivity contribution in [1.82, 2.24) is 19.7 Å². The van der Waals surface area contributed by atoms with Crippen LogP contribution in [0.3, 0.4) is 0 Å². The first-order valence-corrected chi connectivity index (χ1v) is 9.81. The fraction of sp³-hybridized carbons (Fsp3) is 0.273. The van der Waals surface area contributed by atoms with Crippen molar-refractivity contribution in [1.29, 1.82) is 0 Å². The van der Waals surface area contributed by atoms with Crippen LogP contribution in [0.5, 0.6) is 0 Å². The van der Waals surface area contributed by atoms with Gasteiger partial charge in [0.2, 0.25) is 5.91 Å². The van der Waals surface area contributed by atoms with E-state index in [0.29, 0.717) is 23.9 Å². The second-order valence-corrected chi connectivity index (χ2v) is 6.92. The summed E-state index contributed by atoms with van der Waals surface area (Å²) in [5, 5.41) is 8.14. The Bertz CT molecular complexity index is 1090. The molecular formula is C22H23N5O2. The maximum Gasteiger partial charge on any atom is 0.233 e. The predicted octanol–water partition coefficient (Wildman–Crippen LogP) is 3.99. The number of aromatic nitrogens is 4. The van der Waals surface area contributed by atoms with Crippen molar-refractivity contribution in [3.63, 3.8) is 0 Å². The summed E-state index contributed by atoms with van der Waals surface area (Å²) in [6.07, 6.45) is 6.21. The van der Waals surface area contributed by atoms with Crippen LogP contribution in [-0.4, -0.2) is 25.7 Å². The standard InChI is InChI=1S/C22H23N5O2/c1-2-3-11-19-24-21(26-20(28)13-17-10-7-12-29-17)18-14-23-27(22(18)25-19)15-16-8-5-4-6-9-16/h4-10,12,14H,2-3,11,13,15H2,1H3,(H,24,25,26,28). The quantitative estimate of drug-likeness (QED) is 0.492. The van der Waals surface area contributed by atoms with Crippen molar-refractivity contribution in [2.24, 2.45) is 0 Å². The first-order valence-electron chi connectivity index (χ1n) is 9.81. The Balaban J connectivity index is 1.65. The lowest BCUT2D eigenvalue weighted by molar-refractivity contribution is -0.115. The van der Waals surface area contributed by atoms with Crippen molar-refractivity contribution >= 4 is 22.8 Å². The lowest BCUT2D eigenvalue weighted by atomic mass is 10.2. The normalized spacial score (nSPS) is 11.1. The van der Waals surface area contributed by atoms with Crippen LogP contribution in [0.1, 0.15) is 36.9 Å². The summed E-state index contributed by atoms with van der Waals surface area (Å²) in [5.74, 6) is 1.63. The number of nitrogens with one attached hydrogen (secondary N) is 1. The molecule has 0 spiro atoms. The minimum atomic E-state index is -0.183. The van der Waals surface area contributed by atoms with Crippen LogP contribution in [-0.2, 0) is 24.2 Å². The molecule has 0 fully saturated rings. The molecule has 148 valence electrons. The van der Waals surface area contributed by atoms with Crippen LogP contribution in [0.15, 0.2) is 59.3 Å². The third kappa shape index (κ3) is 4.51. The highest BCUT2D eigenvalue weighted by Gasteiger charge is 2.16. The van der Waals surface area contributed by atoms with Gasteiger partial charge >= 0.3 is 0 Å². The predicted molar refractivity (Wildman–Crippen MR) is 111 cm³/mol. The SMILES string of the molecule is CCCCc1nc(NC(=O)Cc2ccco2)c2cnn(Cc3ccccc3)c2n1. The average molecular weight is 389 g/mol. The average Bonchev–Trinajstić information content (AvgIpc) is 3.37. The van der Waals surface area contributed by atoms with E-state index in [1.165, 1.54) is 0 Å². The second-order valence-electron chi connectivity index (χ2n) is 6.92. The van der Waals surface area contributed by atoms with E-state index in [9.17, 15) is 4.79 Å². The fourth-order valence-electron chi connectivity index (χ4n) is 3.16. The molecule has 0 aliphatic heterocycles. The van der Waals surface area contributed by atoms with Crippen molar-refractivity contribution in [3.05, 3.63) is 72.1 Å². The smallest absolute Gasteiger partial charge is 0.233 e. The van der Waals surface area contributed by atoms with Crippen LogP contribution in [0, 0.1) is 0 Å². The van der Waals surface area contributed by atoms with E-state index in [-0.39, 0.29) is 12.3 Å². The zero-order valence-corrected chi connectivity index (χ0v) is 16.3. The van der Waals surface area contributed by atoms with Crippen LogP contribution in [0.4, 0.5) is 5.82 Å². The molecule has 1 N–H and O–H groups in total. The lowest BCUT2D eigenvalue weighted by Crippen LogP contribution is -2.16. The van der Waals surface area contributed by atoms with Gasteiger partial charge in [0.15, 0.2) is 5.65 Å². The van der Waals surface area contributed by atoms with Gasteiger partial charge < -0.3 is 9.73 Å². The Labute approximate surface area is 168 Å². The zero-order chi connectivity index (χ0) is 20.1. The third-order valence-corrected chi connectivity index (χ3v) is 4.64. The zero-order valence-electron chi connectivity index (χ0n) is 16.3. The van der Waals surface area contributed by atoms with E-state index >= 15 is 0 Å². The molecule has 0 unspecified atom stereocenters. The Morgan fingerprint density at radius 3 is 2.76 bits per heavy atom. The van der Waals surface area contributed by atoms with Crippen LogP contribution < -0.4 is 5.32 Å². The molecule has 3 heterocycles. The number of rotatable bonds is 8. The molecule has 0 radical (unpaired) electrons. The summed E-state index contributed by atoms with van der Waals surface area (Å²) in [7, 11) is 0. The van der Waals surface area contributed by atoms with Crippen LogP contribution >= 0.6 is 0 Å². The summed E-state index contributed by atoms with van der Waals surface area (Å²) in [6.45, 7) is 2.73. The number of furan rings is 1. The van der Waals surface area contributed by atoms with Gasteiger partial charge in [0, 0.05) is 6.42 Å². The second kappa shape index (κ2) is 8.68. The number of hydrogen-bond acceptors (Lipinski definition) is 5. The van der Waals surface area contributed by atoms with Gasteiger partial charge in [-0.05, 0) is 24.1 Å². The third-order valence-electron chi connectivity index (χ3n) is 4.64. The number of benzene rings is 1. The topological polar surface area (TPSA) is 85.8 Å². The number of anilines is 1. The van der Waals surface area contributed by atoms with Gasteiger partial charge in [-0.25, -0.2) is 14.6 Å². The number of aryl methyl sites for hydroxylation is 1. The lowest BCUT2D eigenvalue weighted by Gasteiger charge is -2.09. The summed E-state index contributed by atoms with van der Waals surface area (Å²) in [5.41, 5.74) is 1.86. The largest absolute Gasteiger partial charge is 0.469 e. The minimum absolute atomic E-state index is 0.154. The molecule has 0 bridgehead atoms. The number of nitrogens with zero attached hydrogens (tertiary/aromatic N) is 4. The van der Waals surface area contributed by atoms with Gasteiger partial charge in [-0.2, -0.15) is 5.10 Å². The van der Waals surface area contributed by atoms with Crippen LogP contribution in [0.2, 0.25) is 0 Å². The van der Waals surface area contributed by atoms with Gasteiger partial charge in [0.25, 0.3) is 0 Å². The van der Waals surface area contributed by atoms with Crippen molar-refractivity contribution in [2.75, 3.05) is 5.32 Å². The molecular weight excluding hydrogens is 366 g/mol. The number of amides is 1. The van der Waals surface area contributed by atoms with E-state index in [4.69, 9.17) is 9.40 Å². The van der Waals surface area contributed by atoms with Gasteiger partial charge in [-0.15, -0.1) is 0 Å². The molecule has 4 rings (SSSR count).